The molecule has 0 bridgehead atoms. The minimum Gasteiger partial charge on any atom is -0.493 e. The molecule has 0 unspecified atom stereocenters. The van der Waals surface area contributed by atoms with Gasteiger partial charge < -0.3 is 30.0 Å². The number of fused-ring (bicyclic) bond motifs is 1. The first-order chi connectivity index (χ1) is 14.5. The number of nitrogens with two attached hydrogens (primary N) is 1. The molecule has 0 saturated heterocycles. The van der Waals surface area contributed by atoms with Gasteiger partial charge in [0.1, 0.15) is 0 Å². The summed E-state index contributed by atoms with van der Waals surface area (Å²) < 4.78 is 21.9. The van der Waals surface area contributed by atoms with E-state index in [2.05, 4.69) is 5.32 Å². The van der Waals surface area contributed by atoms with Gasteiger partial charge in [-0.2, -0.15) is 0 Å². The fourth-order valence-electron chi connectivity index (χ4n) is 4.25. The molecule has 30 heavy (non-hydrogen) atoms. The van der Waals surface area contributed by atoms with Crippen LogP contribution in [0.2, 0.25) is 0 Å². The van der Waals surface area contributed by atoms with Crippen molar-refractivity contribution < 1.29 is 23.7 Å². The molecule has 1 atom stereocenters. The van der Waals surface area contributed by atoms with Crippen LogP contribution in [0.15, 0.2) is 30.3 Å². The van der Waals surface area contributed by atoms with E-state index >= 15 is 0 Å². The van der Waals surface area contributed by atoms with Crippen LogP contribution >= 0.6 is 0 Å². The summed E-state index contributed by atoms with van der Waals surface area (Å²) in [6.07, 6.45) is 2.36. The molecule has 2 aromatic rings. The predicted octanol–water partition coefficient (Wildman–Crippen LogP) is 2.57. The molecule has 2 aromatic carbocycles. The van der Waals surface area contributed by atoms with Crippen molar-refractivity contribution in [2.75, 3.05) is 35.0 Å². The summed E-state index contributed by atoms with van der Waals surface area (Å²) in [6.45, 7) is 0.786. The molecule has 3 rings (SSSR count). The zero-order valence-electron chi connectivity index (χ0n) is 18.0. The first-order valence-corrected chi connectivity index (χ1v) is 9.96. The van der Waals surface area contributed by atoms with Crippen LogP contribution in [0.1, 0.15) is 29.5 Å². The number of rotatable bonds is 9. The molecule has 1 heterocycles. The summed E-state index contributed by atoms with van der Waals surface area (Å²) in [5.41, 5.74) is 8.39. The van der Waals surface area contributed by atoms with Crippen LogP contribution in [-0.4, -0.2) is 40.9 Å². The van der Waals surface area contributed by atoms with Crippen LogP contribution < -0.4 is 30.0 Å². The maximum atomic E-state index is 11.7. The van der Waals surface area contributed by atoms with E-state index in [0.717, 1.165) is 24.1 Å². The average molecular weight is 415 g/mol. The second-order valence-corrected chi connectivity index (χ2v) is 7.46. The van der Waals surface area contributed by atoms with Gasteiger partial charge in [-0.05, 0) is 60.2 Å². The van der Waals surface area contributed by atoms with Crippen molar-refractivity contribution >= 4 is 5.91 Å². The van der Waals surface area contributed by atoms with E-state index in [1.54, 1.807) is 28.4 Å². The number of carbonyl (C=O) groups is 1. The van der Waals surface area contributed by atoms with E-state index in [0.29, 0.717) is 35.8 Å². The number of benzene rings is 2. The minimum atomic E-state index is -0.470. The molecule has 0 aliphatic carbocycles. The molecule has 0 saturated carbocycles. The topological polar surface area (TPSA) is 92.0 Å². The highest BCUT2D eigenvalue weighted by molar-refractivity contribution is 5.74. The van der Waals surface area contributed by atoms with Crippen molar-refractivity contribution in [3.63, 3.8) is 0 Å². The Kier molecular flexibility index (Phi) is 6.72. The van der Waals surface area contributed by atoms with Crippen LogP contribution in [0.25, 0.3) is 0 Å². The molecule has 0 spiro atoms. The highest BCUT2D eigenvalue weighted by Crippen LogP contribution is 2.42. The standard InChI is InChI=1S/C23H30N2O5/c1-27-18-6-5-15(11-19(18)28-2)14-23(9-7-22(24)26)17-13-21(30-4)20(29-3)12-16(17)8-10-25-23/h5-6,11-13,25H,7-10,14H2,1-4H3,(H2,24,26)/t23-/m1/s1. The van der Waals surface area contributed by atoms with Crippen LogP contribution in [0.5, 0.6) is 23.0 Å². The Bertz CT molecular complexity index is 915. The number of hydrogen-bond donors (Lipinski definition) is 2. The summed E-state index contributed by atoms with van der Waals surface area (Å²) in [5, 5.41) is 3.67. The van der Waals surface area contributed by atoms with E-state index in [1.165, 1.54) is 5.56 Å². The normalized spacial score (nSPS) is 17.7. The molecule has 3 N–H and O–H groups in total. The number of amides is 1. The Morgan fingerprint density at radius 1 is 0.967 bits per heavy atom. The number of ether oxygens (including phenoxy) is 4. The molecule has 0 fully saturated rings. The summed E-state index contributed by atoms with van der Waals surface area (Å²) in [7, 11) is 6.50. The van der Waals surface area contributed by atoms with Crippen molar-refractivity contribution in [2.45, 2.75) is 31.2 Å². The molecule has 7 heteroatoms. The molecule has 0 radical (unpaired) electrons. The maximum Gasteiger partial charge on any atom is 0.217 e. The van der Waals surface area contributed by atoms with Crippen molar-refractivity contribution in [1.29, 1.82) is 0 Å². The second kappa shape index (κ2) is 9.26. The van der Waals surface area contributed by atoms with Gasteiger partial charge in [-0.1, -0.05) is 6.07 Å². The second-order valence-electron chi connectivity index (χ2n) is 7.46. The highest BCUT2D eigenvalue weighted by Gasteiger charge is 2.38. The summed E-state index contributed by atoms with van der Waals surface area (Å²) >= 11 is 0. The van der Waals surface area contributed by atoms with Gasteiger partial charge in [0.25, 0.3) is 0 Å². The largest absolute Gasteiger partial charge is 0.493 e. The van der Waals surface area contributed by atoms with E-state index in [-0.39, 0.29) is 12.3 Å². The Balaban J connectivity index is 2.09. The number of hydrogen-bond acceptors (Lipinski definition) is 6. The van der Waals surface area contributed by atoms with Gasteiger partial charge in [0.05, 0.1) is 28.4 Å². The Morgan fingerprint density at radius 2 is 1.60 bits per heavy atom. The SMILES string of the molecule is COc1ccc(C[C@@]2(CCC(N)=O)NCCc3cc(OC)c(OC)cc32)cc1OC. The van der Waals surface area contributed by atoms with Crippen LogP contribution in [0.3, 0.4) is 0 Å². The lowest BCUT2D eigenvalue weighted by atomic mass is 9.75. The smallest absolute Gasteiger partial charge is 0.217 e. The fourth-order valence-corrected chi connectivity index (χ4v) is 4.25. The van der Waals surface area contributed by atoms with Gasteiger partial charge >= 0.3 is 0 Å². The van der Waals surface area contributed by atoms with Gasteiger partial charge in [-0.3, -0.25) is 4.79 Å². The van der Waals surface area contributed by atoms with E-state index in [4.69, 9.17) is 24.7 Å². The predicted molar refractivity (Wildman–Crippen MR) is 115 cm³/mol. The van der Waals surface area contributed by atoms with Crippen molar-refractivity contribution in [1.82, 2.24) is 5.32 Å². The average Bonchev–Trinajstić information content (AvgIpc) is 2.76. The number of nitrogens with one attached hydrogen (secondary N) is 1. The van der Waals surface area contributed by atoms with Crippen molar-refractivity contribution in [3.05, 3.63) is 47.0 Å². The number of methoxy groups -OCH3 is 4. The zero-order chi connectivity index (χ0) is 21.7. The molecular weight excluding hydrogens is 384 g/mol. The van der Waals surface area contributed by atoms with Crippen molar-refractivity contribution in [2.24, 2.45) is 5.73 Å². The van der Waals surface area contributed by atoms with Gasteiger partial charge in [-0.15, -0.1) is 0 Å². The van der Waals surface area contributed by atoms with Gasteiger partial charge in [0, 0.05) is 18.5 Å². The van der Waals surface area contributed by atoms with Crippen LogP contribution in [0, 0.1) is 0 Å². The molecular formula is C23H30N2O5. The van der Waals surface area contributed by atoms with Gasteiger partial charge in [0.15, 0.2) is 23.0 Å². The first kappa shape index (κ1) is 21.8. The molecule has 1 aliphatic rings. The maximum absolute atomic E-state index is 11.7. The first-order valence-electron chi connectivity index (χ1n) is 9.96. The summed E-state index contributed by atoms with van der Waals surface area (Å²) in [6, 6.07) is 9.94. The van der Waals surface area contributed by atoms with E-state index in [9.17, 15) is 4.79 Å². The summed E-state index contributed by atoms with van der Waals surface area (Å²) in [5.74, 6) is 2.39. The fraction of sp³-hybridized carbons (Fsp3) is 0.435. The number of primary amides is 1. The van der Waals surface area contributed by atoms with Crippen molar-refractivity contribution in [3.8, 4) is 23.0 Å². The molecule has 0 aromatic heterocycles. The van der Waals surface area contributed by atoms with E-state index < -0.39 is 5.54 Å². The lowest BCUT2D eigenvalue weighted by molar-refractivity contribution is -0.118. The van der Waals surface area contributed by atoms with Gasteiger partial charge in [0.2, 0.25) is 5.91 Å². The highest BCUT2D eigenvalue weighted by atomic mass is 16.5. The quantitative estimate of drug-likeness (QED) is 0.655. The number of carbonyl (C=O) groups excluding carboxylic acids is 1. The third-order valence-electron chi connectivity index (χ3n) is 5.73. The monoisotopic (exact) mass is 414 g/mol. The molecule has 162 valence electrons. The lowest BCUT2D eigenvalue weighted by Crippen LogP contribution is -2.49. The van der Waals surface area contributed by atoms with E-state index in [1.807, 2.05) is 30.3 Å². The molecule has 1 amide bonds. The third-order valence-corrected chi connectivity index (χ3v) is 5.73. The Morgan fingerprint density at radius 3 is 2.23 bits per heavy atom. The van der Waals surface area contributed by atoms with Crippen LogP contribution in [-0.2, 0) is 23.2 Å². The minimum absolute atomic E-state index is 0.272. The molecule has 1 aliphatic heterocycles. The lowest BCUT2D eigenvalue weighted by Gasteiger charge is -2.41. The van der Waals surface area contributed by atoms with Gasteiger partial charge in [-0.25, -0.2) is 0 Å². The van der Waals surface area contributed by atoms with Crippen LogP contribution in [0.4, 0.5) is 0 Å². The zero-order valence-corrected chi connectivity index (χ0v) is 18.0. The Hall–Kier alpha value is -2.93. The summed E-state index contributed by atoms with van der Waals surface area (Å²) in [4.78, 5) is 11.7. The molecule has 7 nitrogen and oxygen atoms in total. The Labute approximate surface area is 177 Å². The third kappa shape index (κ3) is 4.31.